The van der Waals surface area contributed by atoms with E-state index in [0.717, 1.165) is 17.6 Å². The number of hydrogen-bond donors (Lipinski definition) is 0. The Morgan fingerprint density at radius 3 is 1.30 bits per heavy atom. The van der Waals surface area contributed by atoms with Crippen molar-refractivity contribution in [3.8, 4) is 22.3 Å². The summed E-state index contributed by atoms with van der Waals surface area (Å²) in [6.45, 7) is 12.4. The molecule has 3 aromatic carbocycles. The molecule has 1 aromatic heterocycles. The fourth-order valence-electron chi connectivity index (χ4n) is 7.34. The number of hydrogen-bond acceptors (Lipinski definition) is 2. The van der Waals surface area contributed by atoms with E-state index < -0.39 is 0 Å². The van der Waals surface area contributed by atoms with Crippen LogP contribution in [0.25, 0.3) is 33.3 Å². The lowest BCUT2D eigenvalue weighted by molar-refractivity contribution is 0.305. The maximum absolute atomic E-state index is 5.09. The van der Waals surface area contributed by atoms with Crippen molar-refractivity contribution in [1.29, 1.82) is 0 Å². The Hall–Kier alpha value is -2.94. The van der Waals surface area contributed by atoms with Crippen LogP contribution in [0, 0.1) is 5.41 Å². The molecule has 3 heteroatoms. The summed E-state index contributed by atoms with van der Waals surface area (Å²) in [6, 6.07) is 23.2. The Labute approximate surface area is 241 Å². The summed E-state index contributed by atoms with van der Waals surface area (Å²) < 4.78 is 0. The molecule has 2 aliphatic rings. The maximum atomic E-state index is 5.09. The Morgan fingerprint density at radius 1 is 0.575 bits per heavy atom. The Balaban J connectivity index is 1.39. The average molecular weight is 534 g/mol. The van der Waals surface area contributed by atoms with E-state index >= 15 is 0 Å². The summed E-state index contributed by atoms with van der Waals surface area (Å²) in [6.07, 6.45) is 13.3. The van der Waals surface area contributed by atoms with E-state index in [1.165, 1.54) is 97.6 Å². The van der Waals surface area contributed by atoms with Crippen LogP contribution in [-0.2, 0) is 17.4 Å². The molecule has 0 atom stereocenters. The lowest BCUT2D eigenvalue weighted by Crippen LogP contribution is -2.24. The van der Waals surface area contributed by atoms with Crippen LogP contribution in [0.2, 0.25) is 0 Å². The molecule has 40 heavy (non-hydrogen) atoms. The predicted octanol–water partition coefficient (Wildman–Crippen LogP) is 10.3. The van der Waals surface area contributed by atoms with Crippen LogP contribution in [0.1, 0.15) is 110 Å². The van der Waals surface area contributed by atoms with E-state index in [4.69, 9.17) is 10.2 Å². The summed E-state index contributed by atoms with van der Waals surface area (Å²) in [7, 11) is 0. The van der Waals surface area contributed by atoms with Crippen LogP contribution < -0.4 is 0 Å². The molecule has 6 rings (SSSR count). The minimum atomic E-state index is 0.101. The molecule has 2 saturated carbocycles. The average Bonchev–Trinajstić information content (AvgIpc) is 3.35. The van der Waals surface area contributed by atoms with Crippen molar-refractivity contribution in [2.24, 2.45) is 5.41 Å². The third-order valence-corrected chi connectivity index (χ3v) is 9.90. The zero-order valence-electron chi connectivity index (χ0n) is 25.4. The molecule has 0 radical (unpaired) electrons. The van der Waals surface area contributed by atoms with Crippen LogP contribution in [0.3, 0.4) is 0 Å². The second-order valence-electron chi connectivity index (χ2n) is 14.5. The molecule has 1 heterocycles. The second kappa shape index (κ2) is 10.5. The van der Waals surface area contributed by atoms with E-state index in [1.807, 2.05) is 4.80 Å². The third kappa shape index (κ3) is 5.37. The van der Waals surface area contributed by atoms with E-state index in [0.29, 0.717) is 10.8 Å². The van der Waals surface area contributed by atoms with Gasteiger partial charge in [0.15, 0.2) is 0 Å². The quantitative estimate of drug-likeness (QED) is 0.255. The molecule has 0 spiro atoms. The smallest absolute Gasteiger partial charge is 0.121 e. The fourth-order valence-corrected chi connectivity index (χ4v) is 7.34. The van der Waals surface area contributed by atoms with Crippen molar-refractivity contribution in [2.75, 3.05) is 0 Å². The first-order valence-electron chi connectivity index (χ1n) is 15.7. The van der Waals surface area contributed by atoms with Crippen LogP contribution >= 0.6 is 0 Å². The second-order valence-corrected chi connectivity index (χ2v) is 14.5. The largest absolute Gasteiger partial charge is 0.183 e. The molecule has 3 nitrogen and oxygen atoms in total. The van der Waals surface area contributed by atoms with Crippen molar-refractivity contribution in [1.82, 2.24) is 15.0 Å². The standard InChI is InChI=1S/C37H47N3/c1-35(2,3)26-40-38-33-31(27-12-16-29(17-13-27)36(4)22-8-6-9-23-36)20-21-32(34(33)39-40)28-14-18-30(19-15-28)37(5)24-10-7-11-25-37/h12-21H,6-11,22-26H2,1-5H3. The maximum Gasteiger partial charge on any atom is 0.121 e. The van der Waals surface area contributed by atoms with Crippen LogP contribution in [-0.4, -0.2) is 15.0 Å². The van der Waals surface area contributed by atoms with Gasteiger partial charge in [0.25, 0.3) is 0 Å². The van der Waals surface area contributed by atoms with E-state index in [-0.39, 0.29) is 5.41 Å². The highest BCUT2D eigenvalue weighted by Gasteiger charge is 2.30. The topological polar surface area (TPSA) is 30.7 Å². The number of rotatable bonds is 5. The fraction of sp³-hybridized carbons (Fsp3) is 0.514. The molecule has 210 valence electrons. The molecular weight excluding hydrogens is 486 g/mol. The van der Waals surface area contributed by atoms with Crippen molar-refractivity contribution in [3.05, 3.63) is 71.8 Å². The van der Waals surface area contributed by atoms with Crippen molar-refractivity contribution >= 4 is 11.0 Å². The van der Waals surface area contributed by atoms with Crippen LogP contribution in [0.15, 0.2) is 60.7 Å². The summed E-state index contributed by atoms with van der Waals surface area (Å²) in [5.74, 6) is 0. The molecule has 0 unspecified atom stereocenters. The van der Waals surface area contributed by atoms with Crippen molar-refractivity contribution in [2.45, 2.75) is 116 Å². The van der Waals surface area contributed by atoms with Crippen molar-refractivity contribution in [3.63, 3.8) is 0 Å². The molecule has 0 N–H and O–H groups in total. The molecule has 2 aliphatic carbocycles. The predicted molar refractivity (Wildman–Crippen MR) is 169 cm³/mol. The Kier molecular flexibility index (Phi) is 7.13. The lowest BCUT2D eigenvalue weighted by atomic mass is 9.71. The first kappa shape index (κ1) is 27.2. The molecule has 2 fully saturated rings. The van der Waals surface area contributed by atoms with Crippen molar-refractivity contribution < 1.29 is 0 Å². The zero-order chi connectivity index (χ0) is 28.0. The van der Waals surface area contributed by atoms with Gasteiger partial charge in [-0.15, -0.1) is 0 Å². The van der Waals surface area contributed by atoms with Gasteiger partial charge in [-0.05, 0) is 64.2 Å². The van der Waals surface area contributed by atoms with E-state index in [9.17, 15) is 0 Å². The molecular formula is C37H47N3. The number of benzene rings is 3. The normalized spacial score (nSPS) is 19.1. The van der Waals surface area contributed by atoms with Gasteiger partial charge in [0, 0.05) is 11.1 Å². The van der Waals surface area contributed by atoms with Gasteiger partial charge in [-0.1, -0.05) is 134 Å². The highest BCUT2D eigenvalue weighted by Crippen LogP contribution is 2.42. The van der Waals surface area contributed by atoms with Gasteiger partial charge in [-0.25, -0.2) is 0 Å². The van der Waals surface area contributed by atoms with Gasteiger partial charge < -0.3 is 0 Å². The highest BCUT2D eigenvalue weighted by molar-refractivity contribution is 6.00. The monoisotopic (exact) mass is 533 g/mol. The summed E-state index contributed by atoms with van der Waals surface area (Å²) in [5, 5.41) is 10.2. The van der Waals surface area contributed by atoms with E-state index in [2.05, 4.69) is 95.3 Å². The number of nitrogens with zero attached hydrogens (tertiary/aromatic N) is 3. The molecule has 0 bridgehead atoms. The summed E-state index contributed by atoms with van der Waals surface area (Å²) in [4.78, 5) is 1.92. The minimum absolute atomic E-state index is 0.101. The SMILES string of the molecule is CC(C)(C)Cn1nc2c(-c3ccc(C4(C)CCCCC4)cc3)ccc(-c3ccc(C4(C)CCCCC4)cc3)c2n1. The van der Waals surface area contributed by atoms with E-state index in [1.54, 1.807) is 0 Å². The molecule has 0 aliphatic heterocycles. The van der Waals surface area contributed by atoms with Crippen LogP contribution in [0.4, 0.5) is 0 Å². The summed E-state index contributed by atoms with van der Waals surface area (Å²) in [5.41, 5.74) is 10.5. The lowest BCUT2D eigenvalue weighted by Gasteiger charge is -2.34. The minimum Gasteiger partial charge on any atom is -0.183 e. The van der Waals surface area contributed by atoms with Gasteiger partial charge in [0.05, 0.1) is 6.54 Å². The zero-order valence-corrected chi connectivity index (χ0v) is 25.4. The first-order valence-corrected chi connectivity index (χ1v) is 15.7. The Bertz CT molecular complexity index is 1350. The molecule has 0 saturated heterocycles. The van der Waals surface area contributed by atoms with Gasteiger partial charge in [0.1, 0.15) is 11.0 Å². The van der Waals surface area contributed by atoms with Gasteiger partial charge >= 0.3 is 0 Å². The summed E-state index contributed by atoms with van der Waals surface area (Å²) >= 11 is 0. The number of fused-ring (bicyclic) bond motifs is 1. The first-order chi connectivity index (χ1) is 19.1. The highest BCUT2D eigenvalue weighted by atomic mass is 15.5. The third-order valence-electron chi connectivity index (χ3n) is 9.90. The Morgan fingerprint density at radius 2 is 0.950 bits per heavy atom. The van der Waals surface area contributed by atoms with Crippen LogP contribution in [0.5, 0.6) is 0 Å². The van der Waals surface area contributed by atoms with Gasteiger partial charge in [-0.3, -0.25) is 0 Å². The molecule has 0 amide bonds. The van der Waals surface area contributed by atoms with Gasteiger partial charge in [-0.2, -0.15) is 15.0 Å². The van der Waals surface area contributed by atoms with Gasteiger partial charge in [0.2, 0.25) is 0 Å². The molecule has 4 aromatic rings. The number of aromatic nitrogens is 3.